The number of carbonyl (C=O) groups excluding carboxylic acids is 1. The highest BCUT2D eigenvalue weighted by molar-refractivity contribution is 6.20. The highest BCUT2D eigenvalue weighted by Crippen LogP contribution is 2.20. The van der Waals surface area contributed by atoms with Crippen LogP contribution in [0.3, 0.4) is 0 Å². The van der Waals surface area contributed by atoms with E-state index in [4.69, 9.17) is 11.6 Å². The van der Waals surface area contributed by atoms with E-state index < -0.39 is 5.41 Å². The van der Waals surface area contributed by atoms with Crippen LogP contribution in [-0.4, -0.2) is 16.8 Å². The number of aromatic nitrogens is 1. The number of nitrogens with one attached hydrogen (secondary N) is 1. The van der Waals surface area contributed by atoms with Gasteiger partial charge in [-0.05, 0) is 32.9 Å². The smallest absolute Gasteiger partial charge is 0.231 e. The second-order valence-corrected chi connectivity index (χ2v) is 4.38. The average molecular weight is 227 g/mol. The quantitative estimate of drug-likeness (QED) is 0.805. The summed E-state index contributed by atoms with van der Waals surface area (Å²) in [6.45, 7) is 5.46. The van der Waals surface area contributed by atoms with Crippen LogP contribution in [0.2, 0.25) is 0 Å². The van der Waals surface area contributed by atoms with Crippen molar-refractivity contribution in [3.8, 4) is 0 Å². The van der Waals surface area contributed by atoms with Gasteiger partial charge in [-0.3, -0.25) is 9.78 Å². The monoisotopic (exact) mass is 226 g/mol. The van der Waals surface area contributed by atoms with Crippen LogP contribution in [0.4, 0.5) is 5.69 Å². The van der Waals surface area contributed by atoms with E-state index in [-0.39, 0.29) is 11.8 Å². The third-order valence-electron chi connectivity index (χ3n) is 2.20. The number of halogens is 1. The lowest BCUT2D eigenvalue weighted by Crippen LogP contribution is -2.32. The molecule has 4 heteroatoms. The number of alkyl halides is 1. The van der Waals surface area contributed by atoms with Gasteiger partial charge >= 0.3 is 0 Å². The highest BCUT2D eigenvalue weighted by atomic mass is 35.5. The topological polar surface area (TPSA) is 42.0 Å². The Kier molecular flexibility index (Phi) is 3.69. The van der Waals surface area contributed by atoms with Crippen molar-refractivity contribution >= 4 is 23.2 Å². The standard InChI is InChI=1S/C11H15ClN2O/c1-8-9(5-4-6-13-8)14-10(15)11(2,3)7-12/h4-6H,7H2,1-3H3,(H,14,15). The Morgan fingerprint density at radius 2 is 2.27 bits per heavy atom. The molecule has 0 spiro atoms. The summed E-state index contributed by atoms with van der Waals surface area (Å²) in [6.07, 6.45) is 1.69. The minimum Gasteiger partial charge on any atom is -0.324 e. The summed E-state index contributed by atoms with van der Waals surface area (Å²) < 4.78 is 0. The molecule has 3 nitrogen and oxygen atoms in total. The first-order valence-corrected chi connectivity index (χ1v) is 5.30. The van der Waals surface area contributed by atoms with E-state index in [0.717, 1.165) is 11.4 Å². The molecule has 0 aliphatic heterocycles. The van der Waals surface area contributed by atoms with Gasteiger partial charge in [0.25, 0.3) is 0 Å². The van der Waals surface area contributed by atoms with Gasteiger partial charge in [0, 0.05) is 12.1 Å². The van der Waals surface area contributed by atoms with E-state index >= 15 is 0 Å². The van der Waals surface area contributed by atoms with Crippen molar-refractivity contribution in [2.45, 2.75) is 20.8 Å². The van der Waals surface area contributed by atoms with Gasteiger partial charge in [-0.15, -0.1) is 11.6 Å². The Morgan fingerprint density at radius 3 is 2.80 bits per heavy atom. The molecule has 0 saturated carbocycles. The molecule has 0 saturated heterocycles. The molecule has 0 atom stereocenters. The van der Waals surface area contributed by atoms with Crippen molar-refractivity contribution in [1.29, 1.82) is 0 Å². The first-order chi connectivity index (χ1) is 6.97. The number of amides is 1. The van der Waals surface area contributed by atoms with Gasteiger partial charge in [-0.25, -0.2) is 0 Å². The molecule has 0 aliphatic rings. The fourth-order valence-corrected chi connectivity index (χ4v) is 1.09. The van der Waals surface area contributed by atoms with Crippen LogP contribution in [0.15, 0.2) is 18.3 Å². The summed E-state index contributed by atoms with van der Waals surface area (Å²) in [6, 6.07) is 3.61. The molecule has 1 amide bonds. The van der Waals surface area contributed by atoms with Crippen molar-refractivity contribution in [2.75, 3.05) is 11.2 Å². The summed E-state index contributed by atoms with van der Waals surface area (Å²) in [7, 11) is 0. The molecule has 15 heavy (non-hydrogen) atoms. The zero-order valence-corrected chi connectivity index (χ0v) is 9.93. The van der Waals surface area contributed by atoms with E-state index in [2.05, 4.69) is 10.3 Å². The molecule has 1 rings (SSSR count). The Hall–Kier alpha value is -1.09. The van der Waals surface area contributed by atoms with Crippen molar-refractivity contribution in [3.05, 3.63) is 24.0 Å². The van der Waals surface area contributed by atoms with E-state index in [9.17, 15) is 4.79 Å². The first-order valence-electron chi connectivity index (χ1n) is 4.76. The maximum Gasteiger partial charge on any atom is 0.231 e. The first kappa shape index (κ1) is 12.0. The van der Waals surface area contributed by atoms with Crippen molar-refractivity contribution < 1.29 is 4.79 Å². The number of aryl methyl sites for hydroxylation is 1. The molecule has 1 heterocycles. The molecule has 82 valence electrons. The van der Waals surface area contributed by atoms with Gasteiger partial charge in [0.2, 0.25) is 5.91 Å². The van der Waals surface area contributed by atoms with Crippen LogP contribution in [0.25, 0.3) is 0 Å². The average Bonchev–Trinajstić information content (AvgIpc) is 2.21. The van der Waals surface area contributed by atoms with Crippen molar-refractivity contribution in [3.63, 3.8) is 0 Å². The molecule has 0 radical (unpaired) electrons. The second-order valence-electron chi connectivity index (χ2n) is 4.11. The van der Waals surface area contributed by atoms with Crippen LogP contribution in [-0.2, 0) is 4.79 Å². The molecule has 0 fully saturated rings. The van der Waals surface area contributed by atoms with Crippen molar-refractivity contribution in [1.82, 2.24) is 4.98 Å². The maximum absolute atomic E-state index is 11.8. The van der Waals surface area contributed by atoms with Crippen LogP contribution in [0.5, 0.6) is 0 Å². The number of nitrogens with zero attached hydrogens (tertiary/aromatic N) is 1. The van der Waals surface area contributed by atoms with Crippen molar-refractivity contribution in [2.24, 2.45) is 5.41 Å². The largest absolute Gasteiger partial charge is 0.324 e. The Labute approximate surface area is 94.9 Å². The zero-order valence-electron chi connectivity index (χ0n) is 9.17. The molecular formula is C11H15ClN2O. The maximum atomic E-state index is 11.8. The molecule has 0 aliphatic carbocycles. The number of hydrogen-bond donors (Lipinski definition) is 1. The molecule has 1 N–H and O–H groups in total. The normalized spacial score (nSPS) is 11.2. The number of hydrogen-bond acceptors (Lipinski definition) is 2. The molecule has 0 bridgehead atoms. The molecule has 1 aromatic heterocycles. The fraction of sp³-hybridized carbons (Fsp3) is 0.455. The van der Waals surface area contributed by atoms with Crippen LogP contribution in [0.1, 0.15) is 19.5 Å². The Balaban J connectivity index is 2.80. The summed E-state index contributed by atoms with van der Waals surface area (Å²) >= 11 is 5.72. The van der Waals surface area contributed by atoms with Gasteiger partial charge in [-0.2, -0.15) is 0 Å². The summed E-state index contributed by atoms with van der Waals surface area (Å²) in [5.74, 6) is 0.201. The lowest BCUT2D eigenvalue weighted by atomic mass is 9.95. The number of pyridine rings is 1. The van der Waals surface area contributed by atoms with Gasteiger partial charge in [-0.1, -0.05) is 0 Å². The molecule has 0 aromatic carbocycles. The Bertz CT molecular complexity index is 363. The van der Waals surface area contributed by atoms with Gasteiger partial charge in [0.15, 0.2) is 0 Å². The van der Waals surface area contributed by atoms with E-state index in [0.29, 0.717) is 0 Å². The van der Waals surface area contributed by atoms with Gasteiger partial charge in [0.05, 0.1) is 16.8 Å². The van der Waals surface area contributed by atoms with E-state index in [1.165, 1.54) is 0 Å². The molecule has 0 unspecified atom stereocenters. The second kappa shape index (κ2) is 4.62. The van der Waals surface area contributed by atoms with Gasteiger partial charge in [0.1, 0.15) is 0 Å². The summed E-state index contributed by atoms with van der Waals surface area (Å²) in [5.41, 5.74) is 0.973. The third-order valence-corrected chi connectivity index (χ3v) is 2.87. The predicted molar refractivity (Wildman–Crippen MR) is 62.1 cm³/mol. The van der Waals surface area contributed by atoms with Crippen LogP contribution >= 0.6 is 11.6 Å². The predicted octanol–water partition coefficient (Wildman–Crippen LogP) is 2.59. The number of anilines is 1. The number of carbonyl (C=O) groups is 1. The summed E-state index contributed by atoms with van der Waals surface area (Å²) in [4.78, 5) is 15.9. The summed E-state index contributed by atoms with van der Waals surface area (Å²) in [5, 5.41) is 2.82. The van der Waals surface area contributed by atoms with Gasteiger partial charge < -0.3 is 5.32 Å². The van der Waals surface area contributed by atoms with E-state index in [1.54, 1.807) is 26.1 Å². The third kappa shape index (κ3) is 2.93. The highest BCUT2D eigenvalue weighted by Gasteiger charge is 2.26. The number of rotatable bonds is 3. The van der Waals surface area contributed by atoms with Crippen LogP contribution in [0, 0.1) is 12.3 Å². The minimum absolute atomic E-state index is 0.0893. The molecule has 1 aromatic rings. The minimum atomic E-state index is -0.566. The SMILES string of the molecule is Cc1ncccc1NC(=O)C(C)(C)CCl. The lowest BCUT2D eigenvalue weighted by molar-refractivity contribution is -0.122. The van der Waals surface area contributed by atoms with Crippen LogP contribution < -0.4 is 5.32 Å². The Morgan fingerprint density at radius 1 is 1.60 bits per heavy atom. The lowest BCUT2D eigenvalue weighted by Gasteiger charge is -2.20. The fourth-order valence-electron chi connectivity index (χ4n) is 0.969. The zero-order chi connectivity index (χ0) is 11.5. The molecular weight excluding hydrogens is 212 g/mol. The van der Waals surface area contributed by atoms with E-state index in [1.807, 2.05) is 13.0 Å².